The van der Waals surface area contributed by atoms with Crippen molar-refractivity contribution < 1.29 is 23.4 Å². The summed E-state index contributed by atoms with van der Waals surface area (Å²) in [6.45, 7) is 2.56. The standard InChI is InChI=1S/C25H32N6O5S/c1-16-8-10-18(11-9-16)31-24(28-29-25(31)23(26)34)19-14-22(21(33)15-20(19)32)37(35,36)27-12-13-30(2)17-6-4-3-5-7-17/h8-11,14-15,17,27,32-33H,3-7,12-13H2,1-2H3,(H2,26,34). The van der Waals surface area contributed by atoms with Gasteiger partial charge in [-0.3, -0.25) is 9.36 Å². The highest BCUT2D eigenvalue weighted by Crippen LogP contribution is 2.37. The molecular weight excluding hydrogens is 496 g/mol. The molecule has 12 heteroatoms. The van der Waals surface area contributed by atoms with Gasteiger partial charge >= 0.3 is 0 Å². The number of aromatic nitrogens is 3. The van der Waals surface area contributed by atoms with Crippen molar-refractivity contribution >= 4 is 15.9 Å². The minimum Gasteiger partial charge on any atom is -0.507 e. The van der Waals surface area contributed by atoms with E-state index in [1.54, 1.807) is 12.1 Å². The van der Waals surface area contributed by atoms with Gasteiger partial charge in [0.2, 0.25) is 15.8 Å². The van der Waals surface area contributed by atoms with Gasteiger partial charge in [0.25, 0.3) is 5.91 Å². The summed E-state index contributed by atoms with van der Waals surface area (Å²) in [5, 5.41) is 28.9. The lowest BCUT2D eigenvalue weighted by Crippen LogP contribution is -2.39. The largest absolute Gasteiger partial charge is 0.507 e. The first-order chi connectivity index (χ1) is 17.6. The van der Waals surface area contributed by atoms with E-state index in [0.29, 0.717) is 18.3 Å². The first-order valence-electron chi connectivity index (χ1n) is 12.2. The Morgan fingerprint density at radius 1 is 1.11 bits per heavy atom. The molecule has 0 saturated heterocycles. The summed E-state index contributed by atoms with van der Waals surface area (Å²) in [6.07, 6.45) is 5.78. The van der Waals surface area contributed by atoms with E-state index in [1.165, 1.54) is 23.8 Å². The zero-order chi connectivity index (χ0) is 26.7. The number of hydrogen-bond acceptors (Lipinski definition) is 8. The third-order valence-electron chi connectivity index (χ3n) is 6.74. The number of carbonyl (C=O) groups is 1. The number of hydrogen-bond donors (Lipinski definition) is 4. The predicted octanol–water partition coefficient (Wildman–Crippen LogP) is 2.30. The predicted molar refractivity (Wildman–Crippen MR) is 138 cm³/mol. The van der Waals surface area contributed by atoms with Gasteiger partial charge in [0.05, 0.1) is 5.56 Å². The summed E-state index contributed by atoms with van der Waals surface area (Å²) < 4.78 is 30.1. The number of nitrogens with two attached hydrogens (primary N) is 1. The van der Waals surface area contributed by atoms with Gasteiger partial charge in [-0.05, 0) is 45.0 Å². The van der Waals surface area contributed by atoms with Crippen molar-refractivity contribution in [2.24, 2.45) is 5.73 Å². The fourth-order valence-corrected chi connectivity index (χ4v) is 5.77. The van der Waals surface area contributed by atoms with E-state index >= 15 is 0 Å². The van der Waals surface area contributed by atoms with E-state index in [4.69, 9.17) is 5.73 Å². The molecule has 0 aliphatic heterocycles. The van der Waals surface area contributed by atoms with E-state index in [9.17, 15) is 23.4 Å². The lowest BCUT2D eigenvalue weighted by Gasteiger charge is -2.31. The molecule has 37 heavy (non-hydrogen) atoms. The van der Waals surface area contributed by atoms with Crippen LogP contribution in [0.3, 0.4) is 0 Å². The molecule has 1 fully saturated rings. The van der Waals surface area contributed by atoms with Crippen molar-refractivity contribution in [1.82, 2.24) is 24.4 Å². The second kappa shape index (κ2) is 10.9. The lowest BCUT2D eigenvalue weighted by molar-refractivity contribution is 0.0988. The molecule has 0 spiro atoms. The number of phenols is 2. The van der Waals surface area contributed by atoms with Gasteiger partial charge in [-0.15, -0.1) is 10.2 Å². The van der Waals surface area contributed by atoms with Gasteiger partial charge in [0, 0.05) is 30.9 Å². The highest BCUT2D eigenvalue weighted by Gasteiger charge is 2.27. The van der Waals surface area contributed by atoms with Crippen LogP contribution in [0, 0.1) is 6.92 Å². The monoisotopic (exact) mass is 528 g/mol. The van der Waals surface area contributed by atoms with Crippen LogP contribution in [0.5, 0.6) is 11.5 Å². The molecule has 198 valence electrons. The summed E-state index contributed by atoms with van der Waals surface area (Å²) in [6, 6.07) is 9.52. The van der Waals surface area contributed by atoms with E-state index in [2.05, 4.69) is 19.8 Å². The molecule has 0 atom stereocenters. The average Bonchev–Trinajstić information content (AvgIpc) is 3.30. The molecule has 3 aromatic rings. The number of aryl methyl sites for hydroxylation is 1. The van der Waals surface area contributed by atoms with Gasteiger partial charge in [0.1, 0.15) is 16.4 Å². The van der Waals surface area contributed by atoms with Crippen LogP contribution >= 0.6 is 0 Å². The maximum atomic E-state index is 13.1. The first kappa shape index (κ1) is 26.6. The fourth-order valence-electron chi connectivity index (χ4n) is 4.65. The molecule has 11 nitrogen and oxygen atoms in total. The number of phenolic OH excluding ortho intramolecular Hbond substituents is 2. The molecule has 0 radical (unpaired) electrons. The summed E-state index contributed by atoms with van der Waals surface area (Å²) in [5.41, 5.74) is 6.91. The summed E-state index contributed by atoms with van der Waals surface area (Å²) >= 11 is 0. The van der Waals surface area contributed by atoms with Gasteiger partial charge in [-0.1, -0.05) is 37.0 Å². The number of nitrogens with one attached hydrogen (secondary N) is 1. The number of primary amides is 1. The average molecular weight is 529 g/mol. The molecular formula is C25H32N6O5S. The quantitative estimate of drug-likeness (QED) is 0.329. The zero-order valence-electron chi connectivity index (χ0n) is 20.9. The minimum atomic E-state index is -4.14. The molecule has 1 aromatic heterocycles. The number of amides is 1. The van der Waals surface area contributed by atoms with Crippen LogP contribution in [0.4, 0.5) is 0 Å². The lowest BCUT2D eigenvalue weighted by atomic mass is 9.94. The Morgan fingerprint density at radius 2 is 1.78 bits per heavy atom. The molecule has 5 N–H and O–H groups in total. The molecule has 0 unspecified atom stereocenters. The van der Waals surface area contributed by atoms with Crippen LogP contribution < -0.4 is 10.5 Å². The Bertz CT molecular complexity index is 1380. The van der Waals surface area contributed by atoms with E-state index in [-0.39, 0.29) is 23.8 Å². The van der Waals surface area contributed by atoms with Crippen molar-refractivity contribution in [3.63, 3.8) is 0 Å². The highest BCUT2D eigenvalue weighted by atomic mass is 32.2. The van der Waals surface area contributed by atoms with Crippen molar-refractivity contribution in [2.45, 2.75) is 50.0 Å². The molecule has 1 saturated carbocycles. The Kier molecular flexibility index (Phi) is 7.81. The maximum Gasteiger partial charge on any atom is 0.287 e. The summed E-state index contributed by atoms with van der Waals surface area (Å²) in [5.74, 6) is -2.12. The molecule has 4 rings (SSSR count). The molecule has 0 bridgehead atoms. The third-order valence-corrected chi connectivity index (χ3v) is 8.23. The van der Waals surface area contributed by atoms with Gasteiger partial charge in [0.15, 0.2) is 5.82 Å². The number of rotatable bonds is 9. The zero-order valence-corrected chi connectivity index (χ0v) is 21.7. The number of nitrogens with zero attached hydrogens (tertiary/aromatic N) is 4. The smallest absolute Gasteiger partial charge is 0.287 e. The normalized spacial score (nSPS) is 14.8. The molecule has 1 heterocycles. The second-order valence-electron chi connectivity index (χ2n) is 9.39. The molecule has 2 aromatic carbocycles. The van der Waals surface area contributed by atoms with Crippen LogP contribution in [-0.4, -0.2) is 70.4 Å². The fraction of sp³-hybridized carbons (Fsp3) is 0.400. The van der Waals surface area contributed by atoms with E-state index in [1.807, 2.05) is 26.1 Å². The van der Waals surface area contributed by atoms with Gasteiger partial charge in [-0.25, -0.2) is 13.1 Å². The van der Waals surface area contributed by atoms with E-state index < -0.39 is 32.3 Å². The summed E-state index contributed by atoms with van der Waals surface area (Å²) in [4.78, 5) is 13.8. The number of carbonyl (C=O) groups excluding carboxylic acids is 1. The maximum absolute atomic E-state index is 13.1. The Labute approximate surface area is 216 Å². The van der Waals surface area contributed by atoms with Crippen LogP contribution in [-0.2, 0) is 10.0 Å². The summed E-state index contributed by atoms with van der Waals surface area (Å²) in [7, 11) is -2.16. The molecule has 1 aliphatic rings. The number of likely N-dealkylation sites (N-methyl/N-ethyl adjacent to an activating group) is 1. The Morgan fingerprint density at radius 3 is 2.43 bits per heavy atom. The molecule has 1 aliphatic carbocycles. The second-order valence-corrected chi connectivity index (χ2v) is 11.1. The first-order valence-corrected chi connectivity index (χ1v) is 13.7. The van der Waals surface area contributed by atoms with Crippen LogP contribution in [0.2, 0.25) is 0 Å². The van der Waals surface area contributed by atoms with Gasteiger partial charge in [-0.2, -0.15) is 0 Å². The number of benzene rings is 2. The minimum absolute atomic E-state index is 0.0105. The van der Waals surface area contributed by atoms with Crippen LogP contribution in [0.1, 0.15) is 48.3 Å². The van der Waals surface area contributed by atoms with Gasteiger partial charge < -0.3 is 20.8 Å². The van der Waals surface area contributed by atoms with E-state index in [0.717, 1.165) is 30.5 Å². The van der Waals surface area contributed by atoms with Crippen molar-refractivity contribution in [3.05, 3.63) is 47.8 Å². The molecule has 1 amide bonds. The topological polar surface area (TPSA) is 164 Å². The highest BCUT2D eigenvalue weighted by molar-refractivity contribution is 7.89. The van der Waals surface area contributed by atoms with Crippen LogP contribution in [0.25, 0.3) is 17.1 Å². The third kappa shape index (κ3) is 5.76. The SMILES string of the molecule is Cc1ccc(-n2c(C(N)=O)nnc2-c2cc(S(=O)(=O)NCCN(C)C3CCCCC3)c(O)cc2O)cc1. The van der Waals surface area contributed by atoms with Crippen LogP contribution in [0.15, 0.2) is 41.3 Å². The number of aromatic hydroxyl groups is 2. The van der Waals surface area contributed by atoms with Crippen molar-refractivity contribution in [2.75, 3.05) is 20.1 Å². The van der Waals surface area contributed by atoms with Crippen molar-refractivity contribution in [3.8, 4) is 28.6 Å². The Balaban J connectivity index is 1.65. The van der Waals surface area contributed by atoms with Crippen molar-refractivity contribution in [1.29, 1.82) is 0 Å². The Hall–Kier alpha value is -3.48. The number of sulfonamides is 1.